The molecular weight excluding hydrogens is 188 g/mol. The zero-order valence-electron chi connectivity index (χ0n) is 10.6. The molecule has 0 fully saturated rings. The summed E-state index contributed by atoms with van der Waals surface area (Å²) in [5.74, 6) is -0.309. The SMILES string of the molecule is CCCCC=C(C)C(N)=O.CCNCC. The van der Waals surface area contributed by atoms with Crippen LogP contribution in [0.1, 0.15) is 47.0 Å². The van der Waals surface area contributed by atoms with Crippen molar-refractivity contribution in [3.8, 4) is 0 Å². The molecule has 3 heteroatoms. The molecule has 0 saturated carbocycles. The molecule has 3 nitrogen and oxygen atoms in total. The fourth-order valence-corrected chi connectivity index (χ4v) is 0.873. The van der Waals surface area contributed by atoms with Gasteiger partial charge in [-0.1, -0.05) is 39.7 Å². The number of amides is 1. The van der Waals surface area contributed by atoms with Gasteiger partial charge in [0, 0.05) is 5.57 Å². The Labute approximate surface area is 94.1 Å². The van der Waals surface area contributed by atoms with Gasteiger partial charge in [0.2, 0.25) is 5.91 Å². The number of hydrogen-bond donors (Lipinski definition) is 2. The van der Waals surface area contributed by atoms with E-state index in [1.54, 1.807) is 6.92 Å². The lowest BCUT2D eigenvalue weighted by molar-refractivity contribution is -0.114. The van der Waals surface area contributed by atoms with Gasteiger partial charge in [-0.05, 0) is 26.4 Å². The molecule has 0 aromatic carbocycles. The van der Waals surface area contributed by atoms with Crippen molar-refractivity contribution in [3.63, 3.8) is 0 Å². The molecule has 0 aliphatic carbocycles. The molecule has 0 aliphatic heterocycles. The number of nitrogens with one attached hydrogen (secondary N) is 1. The zero-order valence-corrected chi connectivity index (χ0v) is 10.6. The highest BCUT2D eigenvalue weighted by atomic mass is 16.1. The fourth-order valence-electron chi connectivity index (χ4n) is 0.873. The highest BCUT2D eigenvalue weighted by Crippen LogP contribution is 1.99. The Morgan fingerprint density at radius 2 is 1.80 bits per heavy atom. The Balaban J connectivity index is 0. The molecule has 3 N–H and O–H groups in total. The smallest absolute Gasteiger partial charge is 0.244 e. The average molecular weight is 214 g/mol. The molecule has 0 aromatic rings. The molecular formula is C12H26N2O. The highest BCUT2D eigenvalue weighted by molar-refractivity contribution is 5.91. The molecule has 0 heterocycles. The second-order valence-electron chi connectivity index (χ2n) is 3.35. The van der Waals surface area contributed by atoms with Crippen LogP contribution in [0.3, 0.4) is 0 Å². The van der Waals surface area contributed by atoms with Gasteiger partial charge in [-0.25, -0.2) is 0 Å². The van der Waals surface area contributed by atoms with E-state index in [1.807, 2.05) is 6.08 Å². The number of unbranched alkanes of at least 4 members (excludes halogenated alkanes) is 2. The maximum Gasteiger partial charge on any atom is 0.244 e. The maximum absolute atomic E-state index is 10.4. The summed E-state index contributed by atoms with van der Waals surface area (Å²) < 4.78 is 0. The molecule has 15 heavy (non-hydrogen) atoms. The van der Waals surface area contributed by atoms with Crippen LogP contribution in [0.4, 0.5) is 0 Å². The van der Waals surface area contributed by atoms with Crippen LogP contribution >= 0.6 is 0 Å². The molecule has 0 unspecified atom stereocenters. The summed E-state index contributed by atoms with van der Waals surface area (Å²) in [5.41, 5.74) is 5.69. The molecule has 0 spiro atoms. The summed E-state index contributed by atoms with van der Waals surface area (Å²) >= 11 is 0. The van der Waals surface area contributed by atoms with Crippen LogP contribution in [0.15, 0.2) is 11.6 Å². The van der Waals surface area contributed by atoms with Gasteiger partial charge in [0.25, 0.3) is 0 Å². The van der Waals surface area contributed by atoms with E-state index in [9.17, 15) is 4.79 Å². The van der Waals surface area contributed by atoms with E-state index in [0.29, 0.717) is 5.57 Å². The largest absolute Gasteiger partial charge is 0.366 e. The number of carbonyl (C=O) groups is 1. The quantitative estimate of drug-likeness (QED) is 0.526. The van der Waals surface area contributed by atoms with Crippen molar-refractivity contribution in [2.45, 2.75) is 47.0 Å². The van der Waals surface area contributed by atoms with Crippen molar-refractivity contribution in [1.82, 2.24) is 5.32 Å². The van der Waals surface area contributed by atoms with Crippen molar-refractivity contribution in [2.75, 3.05) is 13.1 Å². The summed E-state index contributed by atoms with van der Waals surface area (Å²) in [7, 11) is 0. The van der Waals surface area contributed by atoms with Crippen molar-refractivity contribution >= 4 is 5.91 Å². The van der Waals surface area contributed by atoms with E-state index in [1.165, 1.54) is 0 Å². The molecule has 0 atom stereocenters. The minimum Gasteiger partial charge on any atom is -0.366 e. The average Bonchev–Trinajstić information content (AvgIpc) is 2.20. The minimum absolute atomic E-state index is 0.309. The molecule has 0 radical (unpaired) electrons. The van der Waals surface area contributed by atoms with Crippen LogP contribution < -0.4 is 11.1 Å². The predicted octanol–water partition coefficient (Wildman–Crippen LogP) is 2.22. The normalized spacial score (nSPS) is 10.5. The van der Waals surface area contributed by atoms with Crippen molar-refractivity contribution < 1.29 is 4.79 Å². The van der Waals surface area contributed by atoms with Crippen molar-refractivity contribution in [3.05, 3.63) is 11.6 Å². The third kappa shape index (κ3) is 15.9. The first-order valence-electron chi connectivity index (χ1n) is 5.77. The third-order valence-corrected chi connectivity index (χ3v) is 1.90. The van der Waals surface area contributed by atoms with Crippen LogP contribution in [0, 0.1) is 0 Å². The maximum atomic E-state index is 10.4. The molecule has 0 rings (SSSR count). The predicted molar refractivity (Wildman–Crippen MR) is 66.7 cm³/mol. The van der Waals surface area contributed by atoms with Gasteiger partial charge in [0.05, 0.1) is 0 Å². The van der Waals surface area contributed by atoms with Crippen molar-refractivity contribution in [2.24, 2.45) is 5.73 Å². The number of nitrogens with two attached hydrogens (primary N) is 1. The summed E-state index contributed by atoms with van der Waals surface area (Å²) in [6.07, 6.45) is 5.14. The minimum atomic E-state index is -0.309. The Hall–Kier alpha value is -0.830. The fraction of sp³-hybridized carbons (Fsp3) is 0.750. The van der Waals surface area contributed by atoms with E-state index < -0.39 is 0 Å². The molecule has 0 aromatic heterocycles. The topological polar surface area (TPSA) is 55.1 Å². The summed E-state index contributed by atoms with van der Waals surface area (Å²) in [4.78, 5) is 10.4. The first-order valence-corrected chi connectivity index (χ1v) is 5.77. The zero-order chi connectivity index (χ0) is 12.1. The van der Waals surface area contributed by atoms with E-state index in [4.69, 9.17) is 5.73 Å². The lowest BCUT2D eigenvalue weighted by Crippen LogP contribution is -2.11. The summed E-state index contributed by atoms with van der Waals surface area (Å²) in [6, 6.07) is 0. The Morgan fingerprint density at radius 1 is 1.27 bits per heavy atom. The van der Waals surface area contributed by atoms with Crippen LogP contribution in [-0.4, -0.2) is 19.0 Å². The molecule has 0 saturated heterocycles. The summed E-state index contributed by atoms with van der Waals surface area (Å²) in [5, 5.41) is 3.11. The lowest BCUT2D eigenvalue weighted by Gasteiger charge is -1.92. The number of allylic oxidation sites excluding steroid dienone is 1. The van der Waals surface area contributed by atoms with Gasteiger partial charge in [-0.15, -0.1) is 0 Å². The molecule has 90 valence electrons. The van der Waals surface area contributed by atoms with Gasteiger partial charge in [0.1, 0.15) is 0 Å². The van der Waals surface area contributed by atoms with E-state index in [-0.39, 0.29) is 5.91 Å². The van der Waals surface area contributed by atoms with Gasteiger partial charge in [0.15, 0.2) is 0 Å². The first-order chi connectivity index (χ1) is 7.09. The van der Waals surface area contributed by atoms with Gasteiger partial charge >= 0.3 is 0 Å². The van der Waals surface area contributed by atoms with Crippen LogP contribution in [-0.2, 0) is 4.79 Å². The Kier molecular flexibility index (Phi) is 14.6. The molecule has 0 bridgehead atoms. The Bertz CT molecular complexity index is 174. The van der Waals surface area contributed by atoms with E-state index >= 15 is 0 Å². The van der Waals surface area contributed by atoms with E-state index in [2.05, 4.69) is 26.1 Å². The second-order valence-corrected chi connectivity index (χ2v) is 3.35. The molecule has 1 amide bonds. The number of carbonyl (C=O) groups excluding carboxylic acids is 1. The monoisotopic (exact) mass is 214 g/mol. The van der Waals surface area contributed by atoms with E-state index in [0.717, 1.165) is 32.4 Å². The highest BCUT2D eigenvalue weighted by Gasteiger charge is 1.93. The van der Waals surface area contributed by atoms with Gasteiger partial charge in [-0.3, -0.25) is 4.79 Å². The van der Waals surface area contributed by atoms with Crippen molar-refractivity contribution in [1.29, 1.82) is 0 Å². The van der Waals surface area contributed by atoms with Gasteiger partial charge in [-0.2, -0.15) is 0 Å². The molecule has 0 aliphatic rings. The standard InChI is InChI=1S/C8H15NO.C4H11N/c1-3-4-5-6-7(2)8(9)10;1-3-5-4-2/h6H,3-5H2,1-2H3,(H2,9,10);5H,3-4H2,1-2H3. The number of primary amides is 1. The van der Waals surface area contributed by atoms with Crippen LogP contribution in [0.5, 0.6) is 0 Å². The second kappa shape index (κ2) is 13.2. The first kappa shape index (κ1) is 16.6. The number of hydrogen-bond acceptors (Lipinski definition) is 2. The summed E-state index contributed by atoms with van der Waals surface area (Å²) in [6.45, 7) is 10.3. The van der Waals surface area contributed by atoms with Crippen LogP contribution in [0.2, 0.25) is 0 Å². The number of rotatable bonds is 6. The Morgan fingerprint density at radius 3 is 2.07 bits per heavy atom. The van der Waals surface area contributed by atoms with Crippen LogP contribution in [0.25, 0.3) is 0 Å². The van der Waals surface area contributed by atoms with Gasteiger partial charge < -0.3 is 11.1 Å². The lowest BCUT2D eigenvalue weighted by atomic mass is 10.2. The third-order valence-electron chi connectivity index (χ3n) is 1.90.